The Labute approximate surface area is 150 Å². The average molecular weight is 361 g/mol. The Hall–Kier alpha value is -1.66. The van der Waals surface area contributed by atoms with Gasteiger partial charge in [-0.3, -0.25) is 4.79 Å². The molecule has 138 valence electrons. The molecule has 1 aromatic rings. The molecule has 1 unspecified atom stereocenters. The molecule has 7 heteroatoms. The number of rotatable bonds is 8. The number of carbonyl (C=O) groups is 1. The molecule has 0 saturated carbocycles. The third-order valence-electron chi connectivity index (χ3n) is 3.91. The minimum Gasteiger partial charge on any atom is -0.493 e. The number of methoxy groups -OCH3 is 3. The minimum absolute atomic E-state index is 0. The van der Waals surface area contributed by atoms with Gasteiger partial charge in [-0.25, -0.2) is 0 Å². The van der Waals surface area contributed by atoms with Gasteiger partial charge in [0.05, 0.1) is 21.3 Å². The van der Waals surface area contributed by atoms with Crippen molar-refractivity contribution >= 4 is 18.3 Å². The van der Waals surface area contributed by atoms with Crippen LogP contribution in [-0.2, 0) is 0 Å². The Morgan fingerprint density at radius 2 is 1.62 bits per heavy atom. The van der Waals surface area contributed by atoms with Gasteiger partial charge >= 0.3 is 0 Å². The summed E-state index contributed by atoms with van der Waals surface area (Å²) < 4.78 is 15.8. The lowest BCUT2D eigenvalue weighted by Gasteiger charge is -2.22. The van der Waals surface area contributed by atoms with E-state index < -0.39 is 0 Å². The van der Waals surface area contributed by atoms with Gasteiger partial charge in [0.25, 0.3) is 5.91 Å². The maximum absolute atomic E-state index is 12.6. The van der Waals surface area contributed by atoms with Crippen molar-refractivity contribution in [2.45, 2.75) is 26.3 Å². The zero-order chi connectivity index (χ0) is 17.6. The topological polar surface area (TPSA) is 74.0 Å². The molecule has 0 bridgehead atoms. The summed E-state index contributed by atoms with van der Waals surface area (Å²) in [6.45, 7) is 4.74. The molecule has 0 fully saturated rings. The molecule has 1 atom stereocenters. The molecule has 0 aromatic heterocycles. The summed E-state index contributed by atoms with van der Waals surface area (Å²) in [7, 11) is 6.34. The Bertz CT molecular complexity index is 512. The second kappa shape index (κ2) is 10.3. The standard InChI is InChI=1S/C17H28N2O4.ClH/c1-11(2)13(18)7-8-19(3)17(20)12-9-14(21-4)16(23-6)15(10-12)22-5;/h9-11,13H,7-8,18H2,1-6H3;1H. The van der Waals surface area contributed by atoms with E-state index in [1.807, 2.05) is 0 Å². The maximum atomic E-state index is 12.6. The summed E-state index contributed by atoms with van der Waals surface area (Å²) in [4.78, 5) is 14.3. The van der Waals surface area contributed by atoms with Gasteiger partial charge in [0.2, 0.25) is 5.75 Å². The molecule has 0 heterocycles. The largest absolute Gasteiger partial charge is 0.493 e. The lowest BCUT2D eigenvalue weighted by Crippen LogP contribution is -2.34. The molecule has 0 aliphatic heterocycles. The predicted molar refractivity (Wildman–Crippen MR) is 97.7 cm³/mol. The molecule has 0 radical (unpaired) electrons. The summed E-state index contributed by atoms with van der Waals surface area (Å²) in [6.07, 6.45) is 0.754. The molecule has 1 rings (SSSR count). The highest BCUT2D eigenvalue weighted by Gasteiger charge is 2.20. The average Bonchev–Trinajstić information content (AvgIpc) is 2.56. The predicted octanol–water partition coefficient (Wildman–Crippen LogP) is 2.58. The molecule has 6 nitrogen and oxygen atoms in total. The van der Waals surface area contributed by atoms with Crippen LogP contribution in [0.3, 0.4) is 0 Å². The smallest absolute Gasteiger partial charge is 0.253 e. The van der Waals surface area contributed by atoms with Crippen molar-refractivity contribution in [1.29, 1.82) is 0 Å². The molecule has 0 aliphatic rings. The van der Waals surface area contributed by atoms with Gasteiger partial charge in [-0.05, 0) is 24.5 Å². The van der Waals surface area contributed by atoms with Crippen molar-refractivity contribution in [2.75, 3.05) is 34.9 Å². The summed E-state index contributed by atoms with van der Waals surface area (Å²) in [5.41, 5.74) is 6.52. The number of benzene rings is 1. The molecule has 0 spiro atoms. The fourth-order valence-corrected chi connectivity index (χ4v) is 2.20. The van der Waals surface area contributed by atoms with Crippen molar-refractivity contribution in [3.8, 4) is 17.2 Å². The van der Waals surface area contributed by atoms with Crippen LogP contribution in [0, 0.1) is 5.92 Å². The van der Waals surface area contributed by atoms with Crippen LogP contribution in [0.2, 0.25) is 0 Å². The number of halogens is 1. The number of hydrogen-bond donors (Lipinski definition) is 1. The van der Waals surface area contributed by atoms with Crippen LogP contribution in [0.25, 0.3) is 0 Å². The Morgan fingerprint density at radius 1 is 1.12 bits per heavy atom. The third-order valence-corrected chi connectivity index (χ3v) is 3.91. The van der Waals surface area contributed by atoms with Crippen molar-refractivity contribution in [3.05, 3.63) is 17.7 Å². The van der Waals surface area contributed by atoms with Crippen LogP contribution in [0.15, 0.2) is 12.1 Å². The molecular weight excluding hydrogens is 332 g/mol. The van der Waals surface area contributed by atoms with E-state index in [0.29, 0.717) is 35.3 Å². The zero-order valence-electron chi connectivity index (χ0n) is 15.3. The highest BCUT2D eigenvalue weighted by atomic mass is 35.5. The zero-order valence-corrected chi connectivity index (χ0v) is 16.1. The van der Waals surface area contributed by atoms with Crippen LogP contribution < -0.4 is 19.9 Å². The van der Waals surface area contributed by atoms with E-state index in [2.05, 4.69) is 13.8 Å². The van der Waals surface area contributed by atoms with Crippen molar-refractivity contribution < 1.29 is 19.0 Å². The summed E-state index contributed by atoms with van der Waals surface area (Å²) >= 11 is 0. The van der Waals surface area contributed by atoms with E-state index >= 15 is 0 Å². The quantitative estimate of drug-likeness (QED) is 0.771. The third kappa shape index (κ3) is 5.46. The van der Waals surface area contributed by atoms with Gasteiger partial charge in [0.1, 0.15) is 0 Å². The molecule has 2 N–H and O–H groups in total. The fraction of sp³-hybridized carbons (Fsp3) is 0.588. The van der Waals surface area contributed by atoms with Crippen molar-refractivity contribution in [3.63, 3.8) is 0 Å². The summed E-state index contributed by atoms with van der Waals surface area (Å²) in [5, 5.41) is 0. The van der Waals surface area contributed by atoms with E-state index in [1.54, 1.807) is 24.1 Å². The highest BCUT2D eigenvalue weighted by Crippen LogP contribution is 2.38. The molecule has 24 heavy (non-hydrogen) atoms. The lowest BCUT2D eigenvalue weighted by molar-refractivity contribution is 0.0788. The first-order valence-electron chi connectivity index (χ1n) is 7.66. The van der Waals surface area contributed by atoms with Gasteiger partial charge in [0.15, 0.2) is 11.5 Å². The Kier molecular flexibility index (Phi) is 9.55. The van der Waals surface area contributed by atoms with Crippen molar-refractivity contribution in [1.82, 2.24) is 4.90 Å². The first-order chi connectivity index (χ1) is 10.8. The normalized spacial score (nSPS) is 11.5. The molecular formula is C17H29ClN2O4. The fourth-order valence-electron chi connectivity index (χ4n) is 2.20. The Balaban J connectivity index is 0.00000529. The summed E-state index contributed by atoms with van der Waals surface area (Å²) in [6, 6.07) is 3.38. The van der Waals surface area contributed by atoms with E-state index in [0.717, 1.165) is 6.42 Å². The molecule has 0 aliphatic carbocycles. The van der Waals surface area contributed by atoms with Crippen molar-refractivity contribution in [2.24, 2.45) is 11.7 Å². The van der Waals surface area contributed by atoms with E-state index in [9.17, 15) is 4.79 Å². The maximum Gasteiger partial charge on any atom is 0.253 e. The van der Waals surface area contributed by atoms with Gasteiger partial charge in [-0.1, -0.05) is 13.8 Å². The summed E-state index contributed by atoms with van der Waals surface area (Å²) in [5.74, 6) is 1.67. The molecule has 0 saturated heterocycles. The Morgan fingerprint density at radius 3 is 2.00 bits per heavy atom. The van der Waals surface area contributed by atoms with Crippen LogP contribution >= 0.6 is 12.4 Å². The lowest BCUT2D eigenvalue weighted by atomic mass is 10.0. The SMILES string of the molecule is COc1cc(C(=O)N(C)CCC(N)C(C)C)cc(OC)c1OC.Cl. The number of carbonyl (C=O) groups excluding carboxylic acids is 1. The second-order valence-electron chi connectivity index (χ2n) is 5.84. The first-order valence-corrected chi connectivity index (χ1v) is 7.66. The van der Waals surface area contributed by atoms with Crippen LogP contribution in [0.4, 0.5) is 0 Å². The highest BCUT2D eigenvalue weighted by molar-refractivity contribution is 5.95. The van der Waals surface area contributed by atoms with Gasteiger partial charge in [-0.15, -0.1) is 12.4 Å². The number of ether oxygens (including phenoxy) is 3. The number of nitrogens with two attached hydrogens (primary N) is 1. The van der Waals surface area contributed by atoms with Gasteiger partial charge < -0.3 is 24.8 Å². The minimum atomic E-state index is -0.111. The number of hydrogen-bond acceptors (Lipinski definition) is 5. The second-order valence-corrected chi connectivity index (χ2v) is 5.84. The number of amides is 1. The van der Waals surface area contributed by atoms with Gasteiger partial charge in [0, 0.05) is 25.2 Å². The van der Waals surface area contributed by atoms with Crippen LogP contribution in [-0.4, -0.2) is 51.8 Å². The van der Waals surface area contributed by atoms with E-state index in [-0.39, 0.29) is 24.4 Å². The van der Waals surface area contributed by atoms with Crippen LogP contribution in [0.1, 0.15) is 30.6 Å². The first kappa shape index (κ1) is 22.3. The van der Waals surface area contributed by atoms with Gasteiger partial charge in [-0.2, -0.15) is 0 Å². The number of nitrogens with zero attached hydrogens (tertiary/aromatic N) is 1. The molecule has 1 amide bonds. The monoisotopic (exact) mass is 360 g/mol. The molecule has 1 aromatic carbocycles. The van der Waals surface area contributed by atoms with E-state index in [1.165, 1.54) is 21.3 Å². The van der Waals surface area contributed by atoms with E-state index in [4.69, 9.17) is 19.9 Å². The van der Waals surface area contributed by atoms with Crippen LogP contribution in [0.5, 0.6) is 17.2 Å².